The van der Waals surface area contributed by atoms with E-state index in [1.54, 1.807) is 7.05 Å². The molecule has 0 bridgehead atoms. The van der Waals surface area contributed by atoms with Gasteiger partial charge in [0.05, 0.1) is 11.1 Å². The van der Waals surface area contributed by atoms with Crippen LogP contribution in [0.1, 0.15) is 31.2 Å². The van der Waals surface area contributed by atoms with Gasteiger partial charge >= 0.3 is 0 Å². The van der Waals surface area contributed by atoms with Crippen LogP contribution in [0.15, 0.2) is 22.7 Å². The van der Waals surface area contributed by atoms with Crippen molar-refractivity contribution in [1.82, 2.24) is 10.6 Å². The summed E-state index contributed by atoms with van der Waals surface area (Å²) in [6, 6.07) is 6.75. The molecule has 20 heavy (non-hydrogen) atoms. The third-order valence-corrected chi connectivity index (χ3v) is 3.90. The normalized spacial score (nSPS) is 14.1. The first-order valence-corrected chi connectivity index (χ1v) is 7.84. The molecule has 2 rings (SSSR count). The van der Waals surface area contributed by atoms with Crippen molar-refractivity contribution >= 4 is 21.8 Å². The molecule has 0 aromatic heterocycles. The molecule has 0 saturated heterocycles. The summed E-state index contributed by atoms with van der Waals surface area (Å²) in [5, 5.41) is 6.11. The van der Waals surface area contributed by atoms with Gasteiger partial charge < -0.3 is 15.4 Å². The fraction of sp³-hybridized carbons (Fsp3) is 0.533. The summed E-state index contributed by atoms with van der Waals surface area (Å²) in [6.07, 6.45) is 3.76. The highest BCUT2D eigenvalue weighted by Crippen LogP contribution is 2.30. The van der Waals surface area contributed by atoms with Gasteiger partial charge in [0.1, 0.15) is 5.75 Å². The number of nitrogens with one attached hydrogen (secondary N) is 2. The summed E-state index contributed by atoms with van der Waals surface area (Å²) < 4.78 is 6.81. The maximum absolute atomic E-state index is 11.2. The van der Waals surface area contributed by atoms with E-state index in [2.05, 4.69) is 32.6 Å². The fourth-order valence-electron chi connectivity index (χ4n) is 1.93. The van der Waals surface area contributed by atoms with Crippen molar-refractivity contribution in [2.24, 2.45) is 0 Å². The van der Waals surface area contributed by atoms with Gasteiger partial charge in [0.15, 0.2) is 0 Å². The number of para-hydroxylation sites is 1. The molecule has 110 valence electrons. The molecule has 5 heteroatoms. The third-order valence-electron chi connectivity index (χ3n) is 3.28. The van der Waals surface area contributed by atoms with Crippen LogP contribution < -0.4 is 15.4 Å². The molecule has 2 N–H and O–H groups in total. The lowest BCUT2D eigenvalue weighted by Crippen LogP contribution is -2.18. The van der Waals surface area contributed by atoms with Gasteiger partial charge in [0, 0.05) is 31.6 Å². The van der Waals surface area contributed by atoms with E-state index in [4.69, 9.17) is 4.74 Å². The van der Waals surface area contributed by atoms with Gasteiger partial charge in [0.25, 0.3) is 0 Å². The summed E-state index contributed by atoms with van der Waals surface area (Å²) in [6.45, 7) is 1.38. The number of benzene rings is 1. The van der Waals surface area contributed by atoms with Crippen molar-refractivity contribution in [1.29, 1.82) is 0 Å². The zero-order valence-corrected chi connectivity index (χ0v) is 13.3. The maximum Gasteiger partial charge on any atom is 0.219 e. The van der Waals surface area contributed by atoms with Gasteiger partial charge in [-0.15, -0.1) is 0 Å². The van der Waals surface area contributed by atoms with Crippen molar-refractivity contribution in [3.8, 4) is 5.75 Å². The second-order valence-corrected chi connectivity index (χ2v) is 5.86. The second-order valence-electron chi connectivity index (χ2n) is 5.01. The lowest BCUT2D eigenvalue weighted by atomic mass is 10.2. The zero-order chi connectivity index (χ0) is 14.4. The van der Waals surface area contributed by atoms with Crippen LogP contribution in [0.2, 0.25) is 0 Å². The number of hydrogen-bond acceptors (Lipinski definition) is 3. The van der Waals surface area contributed by atoms with Gasteiger partial charge in [-0.25, -0.2) is 0 Å². The van der Waals surface area contributed by atoms with Crippen LogP contribution in [0.5, 0.6) is 5.75 Å². The smallest absolute Gasteiger partial charge is 0.219 e. The molecule has 1 aliphatic carbocycles. The predicted molar refractivity (Wildman–Crippen MR) is 82.8 cm³/mol. The summed E-state index contributed by atoms with van der Waals surface area (Å²) >= 11 is 3.53. The van der Waals surface area contributed by atoms with Crippen molar-refractivity contribution < 1.29 is 9.53 Å². The Morgan fingerprint density at radius 2 is 2.25 bits per heavy atom. The zero-order valence-electron chi connectivity index (χ0n) is 11.7. The van der Waals surface area contributed by atoms with Crippen LogP contribution >= 0.6 is 15.9 Å². The van der Waals surface area contributed by atoms with Crippen LogP contribution in [0.4, 0.5) is 0 Å². The topological polar surface area (TPSA) is 50.4 Å². The Bertz CT molecular complexity index is 461. The minimum Gasteiger partial charge on any atom is -0.492 e. The predicted octanol–water partition coefficient (Wildman–Crippen LogP) is 2.61. The molecule has 1 aromatic carbocycles. The van der Waals surface area contributed by atoms with Crippen LogP contribution in [0, 0.1) is 0 Å². The van der Waals surface area contributed by atoms with Crippen LogP contribution in [0.3, 0.4) is 0 Å². The van der Waals surface area contributed by atoms with Gasteiger partial charge in [-0.2, -0.15) is 0 Å². The van der Waals surface area contributed by atoms with Gasteiger partial charge in [-0.05, 0) is 41.3 Å². The lowest BCUT2D eigenvalue weighted by Gasteiger charge is -2.13. The summed E-state index contributed by atoms with van der Waals surface area (Å²) in [5.41, 5.74) is 1.16. The minimum absolute atomic E-state index is 0.0522. The average molecular weight is 341 g/mol. The summed E-state index contributed by atoms with van der Waals surface area (Å²) in [7, 11) is 1.65. The molecule has 0 atom stereocenters. The maximum atomic E-state index is 11.2. The van der Waals surface area contributed by atoms with Crippen LogP contribution in [-0.4, -0.2) is 25.6 Å². The van der Waals surface area contributed by atoms with Crippen molar-refractivity contribution in [3.05, 3.63) is 28.2 Å². The third kappa shape index (κ3) is 4.80. The standard InChI is InChI=1S/C15H21BrN2O2/c1-17-14(19)6-3-9-20-15-11(4-2-5-13(15)16)10-18-12-7-8-12/h2,4-5,12,18H,3,6-10H2,1H3,(H,17,19). The average Bonchev–Trinajstić information content (AvgIpc) is 3.27. The minimum atomic E-state index is 0.0522. The Morgan fingerprint density at radius 3 is 2.95 bits per heavy atom. The highest BCUT2D eigenvalue weighted by Gasteiger charge is 2.21. The van der Waals surface area contributed by atoms with E-state index < -0.39 is 0 Å². The molecule has 0 spiro atoms. The van der Waals surface area contributed by atoms with E-state index in [1.165, 1.54) is 12.8 Å². The monoisotopic (exact) mass is 340 g/mol. The van der Waals surface area contributed by atoms with E-state index in [9.17, 15) is 4.79 Å². The number of carbonyl (C=O) groups is 1. The Hall–Kier alpha value is -1.07. The molecule has 0 unspecified atom stereocenters. The Kier molecular flexibility index (Phi) is 5.86. The summed E-state index contributed by atoms with van der Waals surface area (Å²) in [5.74, 6) is 0.939. The highest BCUT2D eigenvalue weighted by atomic mass is 79.9. The van der Waals surface area contributed by atoms with Crippen molar-refractivity contribution in [2.75, 3.05) is 13.7 Å². The first-order valence-electron chi connectivity index (χ1n) is 7.05. The quantitative estimate of drug-likeness (QED) is 0.715. The van der Waals surface area contributed by atoms with Gasteiger partial charge in [-0.1, -0.05) is 12.1 Å². The number of rotatable bonds is 8. The number of ether oxygens (including phenoxy) is 1. The molecule has 1 fully saturated rings. The molecular formula is C15H21BrN2O2. The second kappa shape index (κ2) is 7.64. The molecule has 0 aliphatic heterocycles. The SMILES string of the molecule is CNC(=O)CCCOc1c(Br)cccc1CNC1CC1. The number of halogens is 1. The van der Waals surface area contributed by atoms with Crippen molar-refractivity contribution in [2.45, 2.75) is 38.3 Å². The number of carbonyl (C=O) groups excluding carboxylic acids is 1. The van der Waals surface area contributed by atoms with E-state index in [0.29, 0.717) is 19.1 Å². The van der Waals surface area contributed by atoms with E-state index in [0.717, 1.165) is 28.8 Å². The summed E-state index contributed by atoms with van der Waals surface area (Å²) in [4.78, 5) is 11.2. The first kappa shape index (κ1) is 15.3. The molecule has 1 aromatic rings. The van der Waals surface area contributed by atoms with E-state index >= 15 is 0 Å². The molecular weight excluding hydrogens is 320 g/mol. The largest absolute Gasteiger partial charge is 0.492 e. The van der Waals surface area contributed by atoms with Gasteiger partial charge in [0.2, 0.25) is 5.91 Å². The van der Waals surface area contributed by atoms with E-state index in [1.807, 2.05) is 12.1 Å². The van der Waals surface area contributed by atoms with Crippen molar-refractivity contribution in [3.63, 3.8) is 0 Å². The Labute approximate surface area is 128 Å². The molecule has 4 nitrogen and oxygen atoms in total. The lowest BCUT2D eigenvalue weighted by molar-refractivity contribution is -0.120. The molecule has 1 aliphatic rings. The molecule has 0 radical (unpaired) electrons. The van der Waals surface area contributed by atoms with Gasteiger partial charge in [-0.3, -0.25) is 4.79 Å². The van der Waals surface area contributed by atoms with Crippen LogP contribution in [-0.2, 0) is 11.3 Å². The molecule has 0 heterocycles. The number of hydrogen-bond donors (Lipinski definition) is 2. The Balaban J connectivity index is 1.85. The molecule has 1 amide bonds. The first-order chi connectivity index (χ1) is 9.70. The number of amides is 1. The van der Waals surface area contributed by atoms with Crippen LogP contribution in [0.25, 0.3) is 0 Å². The Morgan fingerprint density at radius 1 is 1.45 bits per heavy atom. The highest BCUT2D eigenvalue weighted by molar-refractivity contribution is 9.10. The van der Waals surface area contributed by atoms with E-state index in [-0.39, 0.29) is 5.91 Å². The fourth-order valence-corrected chi connectivity index (χ4v) is 2.45. The molecule has 1 saturated carbocycles.